The Morgan fingerprint density at radius 3 is 2.90 bits per heavy atom. The van der Waals surface area contributed by atoms with Crippen LogP contribution in [0.25, 0.3) is 0 Å². The summed E-state index contributed by atoms with van der Waals surface area (Å²) in [5.74, 6) is 1.08. The largest absolute Gasteiger partial charge is 0.493 e. The summed E-state index contributed by atoms with van der Waals surface area (Å²) >= 11 is 0. The van der Waals surface area contributed by atoms with Crippen molar-refractivity contribution < 1.29 is 19.1 Å². The minimum atomic E-state index is -0.522. The number of benzene rings is 1. The molecular weight excluding hydrogens is 270 g/mol. The van der Waals surface area contributed by atoms with Crippen molar-refractivity contribution in [2.45, 2.75) is 19.4 Å². The summed E-state index contributed by atoms with van der Waals surface area (Å²) < 4.78 is 10.7. The van der Waals surface area contributed by atoms with Gasteiger partial charge < -0.3 is 19.6 Å². The fraction of sp³-hybridized carbons (Fsp3) is 0.312. The van der Waals surface area contributed by atoms with Gasteiger partial charge in [0, 0.05) is 0 Å². The van der Waals surface area contributed by atoms with Gasteiger partial charge in [-0.2, -0.15) is 0 Å². The molecule has 0 radical (unpaired) electrons. The Morgan fingerprint density at radius 2 is 2.24 bits per heavy atom. The fourth-order valence-corrected chi connectivity index (χ4v) is 1.93. The van der Waals surface area contributed by atoms with Gasteiger partial charge in [-0.25, -0.2) is 0 Å². The molecule has 1 unspecified atom stereocenters. The molecule has 112 valence electrons. The molecule has 0 aliphatic heterocycles. The second-order valence-electron chi connectivity index (χ2n) is 4.73. The monoisotopic (exact) mass is 289 g/mol. The number of hydrogen-bond acceptors (Lipinski definition) is 4. The number of carbonyl (C=O) groups excluding carboxylic acids is 1. The lowest BCUT2D eigenvalue weighted by Gasteiger charge is -2.14. The molecule has 1 atom stereocenters. The predicted octanol–water partition coefficient (Wildman–Crippen LogP) is 2.21. The third-order valence-corrected chi connectivity index (χ3v) is 2.99. The number of hydrogen-bond donors (Lipinski definition) is 2. The number of nitrogens with one attached hydrogen (secondary N) is 1. The van der Waals surface area contributed by atoms with Gasteiger partial charge in [-0.15, -0.1) is 0 Å². The molecule has 2 aromatic rings. The Labute approximate surface area is 123 Å². The standard InChI is InChI=1S/C16H19NO4/c1-12-4-2-5-13(10-12)20-9-7-16(19)17-14(11-18)15-6-3-8-21-15/h2-6,8,10,14,18H,7,9,11H2,1H3,(H,17,19). The fourth-order valence-electron chi connectivity index (χ4n) is 1.93. The van der Waals surface area contributed by atoms with Crippen LogP contribution < -0.4 is 10.1 Å². The number of aryl methyl sites for hydroxylation is 1. The van der Waals surface area contributed by atoms with Crippen LogP contribution >= 0.6 is 0 Å². The van der Waals surface area contributed by atoms with Gasteiger partial charge in [-0.1, -0.05) is 12.1 Å². The van der Waals surface area contributed by atoms with Gasteiger partial charge in [0.2, 0.25) is 5.91 Å². The molecule has 2 N–H and O–H groups in total. The molecule has 0 spiro atoms. The molecule has 1 amide bonds. The average molecular weight is 289 g/mol. The lowest BCUT2D eigenvalue weighted by molar-refractivity contribution is -0.122. The summed E-state index contributed by atoms with van der Waals surface area (Å²) in [5, 5.41) is 12.0. The highest BCUT2D eigenvalue weighted by Crippen LogP contribution is 2.14. The summed E-state index contributed by atoms with van der Waals surface area (Å²) in [7, 11) is 0. The zero-order valence-corrected chi connectivity index (χ0v) is 11.9. The second kappa shape index (κ2) is 7.50. The SMILES string of the molecule is Cc1cccc(OCCC(=O)NC(CO)c2ccco2)c1. The van der Waals surface area contributed by atoms with E-state index in [-0.39, 0.29) is 25.5 Å². The highest BCUT2D eigenvalue weighted by Gasteiger charge is 2.15. The predicted molar refractivity (Wildman–Crippen MR) is 78.0 cm³/mol. The Kier molecular flexibility index (Phi) is 5.40. The molecule has 2 rings (SSSR count). The van der Waals surface area contributed by atoms with Crippen molar-refractivity contribution >= 4 is 5.91 Å². The average Bonchev–Trinajstić information content (AvgIpc) is 2.99. The first-order chi connectivity index (χ1) is 10.2. The molecule has 0 saturated heterocycles. The lowest BCUT2D eigenvalue weighted by atomic mass is 10.2. The Balaban J connectivity index is 1.77. The first kappa shape index (κ1) is 15.1. The number of ether oxygens (including phenoxy) is 1. The van der Waals surface area contributed by atoms with Gasteiger partial charge in [0.15, 0.2) is 0 Å². The third kappa shape index (κ3) is 4.65. The van der Waals surface area contributed by atoms with Crippen LogP contribution in [0, 0.1) is 6.92 Å². The molecule has 0 saturated carbocycles. The van der Waals surface area contributed by atoms with Gasteiger partial charge >= 0.3 is 0 Å². The van der Waals surface area contributed by atoms with Crippen LogP contribution in [-0.2, 0) is 4.79 Å². The molecule has 1 heterocycles. The zero-order chi connectivity index (χ0) is 15.1. The first-order valence-corrected chi connectivity index (χ1v) is 6.82. The van der Waals surface area contributed by atoms with Gasteiger partial charge in [0.25, 0.3) is 0 Å². The molecule has 1 aromatic heterocycles. The van der Waals surface area contributed by atoms with E-state index in [0.717, 1.165) is 11.3 Å². The maximum atomic E-state index is 11.8. The first-order valence-electron chi connectivity index (χ1n) is 6.82. The maximum absolute atomic E-state index is 11.8. The van der Waals surface area contributed by atoms with Crippen LogP contribution in [0.5, 0.6) is 5.75 Å². The van der Waals surface area contributed by atoms with E-state index in [4.69, 9.17) is 9.15 Å². The number of amides is 1. The molecule has 0 fully saturated rings. The maximum Gasteiger partial charge on any atom is 0.224 e. The molecule has 5 heteroatoms. The van der Waals surface area contributed by atoms with Gasteiger partial charge in [-0.3, -0.25) is 4.79 Å². The quantitative estimate of drug-likeness (QED) is 0.819. The highest BCUT2D eigenvalue weighted by atomic mass is 16.5. The summed E-state index contributed by atoms with van der Waals surface area (Å²) in [6.45, 7) is 2.05. The van der Waals surface area contributed by atoms with E-state index >= 15 is 0 Å². The number of furan rings is 1. The van der Waals surface area contributed by atoms with Gasteiger partial charge in [-0.05, 0) is 36.8 Å². The van der Waals surface area contributed by atoms with E-state index < -0.39 is 6.04 Å². The van der Waals surface area contributed by atoms with E-state index in [1.165, 1.54) is 6.26 Å². The van der Waals surface area contributed by atoms with Crippen LogP contribution in [0.4, 0.5) is 0 Å². The Morgan fingerprint density at radius 1 is 1.38 bits per heavy atom. The minimum Gasteiger partial charge on any atom is -0.493 e. The zero-order valence-electron chi connectivity index (χ0n) is 11.9. The van der Waals surface area contributed by atoms with Crippen LogP contribution in [0.15, 0.2) is 47.1 Å². The molecule has 0 bridgehead atoms. The molecule has 5 nitrogen and oxygen atoms in total. The summed E-state index contributed by atoms with van der Waals surface area (Å²) in [4.78, 5) is 11.8. The van der Waals surface area contributed by atoms with Crippen LogP contribution in [0.1, 0.15) is 23.8 Å². The second-order valence-corrected chi connectivity index (χ2v) is 4.73. The van der Waals surface area contributed by atoms with E-state index in [9.17, 15) is 9.90 Å². The summed E-state index contributed by atoms with van der Waals surface area (Å²) in [6.07, 6.45) is 1.72. The normalized spacial score (nSPS) is 11.9. The van der Waals surface area contributed by atoms with Crippen molar-refractivity contribution in [3.8, 4) is 5.75 Å². The highest BCUT2D eigenvalue weighted by molar-refractivity contribution is 5.76. The van der Waals surface area contributed by atoms with Crippen molar-refractivity contribution in [2.24, 2.45) is 0 Å². The number of carbonyl (C=O) groups is 1. The number of aliphatic hydroxyl groups excluding tert-OH is 1. The van der Waals surface area contributed by atoms with Crippen molar-refractivity contribution in [2.75, 3.05) is 13.2 Å². The minimum absolute atomic E-state index is 0.196. The molecule has 1 aromatic carbocycles. The summed E-state index contributed by atoms with van der Waals surface area (Å²) in [5.41, 5.74) is 1.11. The van der Waals surface area contributed by atoms with Gasteiger partial charge in [0.05, 0.1) is 25.9 Å². The molecule has 21 heavy (non-hydrogen) atoms. The van der Waals surface area contributed by atoms with E-state index in [0.29, 0.717) is 5.76 Å². The molecule has 0 aliphatic rings. The van der Waals surface area contributed by atoms with E-state index in [1.807, 2.05) is 31.2 Å². The van der Waals surface area contributed by atoms with Crippen molar-refractivity contribution in [1.82, 2.24) is 5.32 Å². The van der Waals surface area contributed by atoms with Gasteiger partial charge in [0.1, 0.15) is 17.6 Å². The number of aliphatic hydroxyl groups is 1. The van der Waals surface area contributed by atoms with E-state index in [2.05, 4.69) is 5.32 Å². The summed E-state index contributed by atoms with van der Waals surface area (Å²) in [6, 6.07) is 10.6. The molecule has 0 aliphatic carbocycles. The van der Waals surface area contributed by atoms with E-state index in [1.54, 1.807) is 12.1 Å². The Bertz CT molecular complexity index is 565. The Hall–Kier alpha value is -2.27. The third-order valence-electron chi connectivity index (χ3n) is 2.99. The topological polar surface area (TPSA) is 71.7 Å². The molecular formula is C16H19NO4. The number of rotatable bonds is 7. The lowest BCUT2D eigenvalue weighted by Crippen LogP contribution is -2.31. The van der Waals surface area contributed by atoms with Crippen LogP contribution in [0.3, 0.4) is 0 Å². The smallest absolute Gasteiger partial charge is 0.224 e. The van der Waals surface area contributed by atoms with Crippen molar-refractivity contribution in [3.63, 3.8) is 0 Å². The van der Waals surface area contributed by atoms with Crippen molar-refractivity contribution in [1.29, 1.82) is 0 Å². The van der Waals surface area contributed by atoms with Crippen molar-refractivity contribution in [3.05, 3.63) is 54.0 Å². The van der Waals surface area contributed by atoms with Crippen LogP contribution in [0.2, 0.25) is 0 Å². The van der Waals surface area contributed by atoms with Crippen LogP contribution in [-0.4, -0.2) is 24.2 Å².